The lowest BCUT2D eigenvalue weighted by Gasteiger charge is -2.24. The van der Waals surface area contributed by atoms with Crippen molar-refractivity contribution in [2.24, 2.45) is 0 Å². The van der Waals surface area contributed by atoms with Gasteiger partial charge in [-0.3, -0.25) is 9.69 Å². The maximum Gasteiger partial charge on any atom is 0.263 e. The van der Waals surface area contributed by atoms with Gasteiger partial charge in [-0.25, -0.2) is 4.98 Å². The predicted molar refractivity (Wildman–Crippen MR) is 94.9 cm³/mol. The molecule has 5 heteroatoms. The summed E-state index contributed by atoms with van der Waals surface area (Å²) in [4.78, 5) is 20.2. The van der Waals surface area contributed by atoms with Gasteiger partial charge < -0.3 is 5.32 Å². The van der Waals surface area contributed by atoms with E-state index in [0.717, 1.165) is 16.3 Å². The number of rotatable bonds is 6. The van der Waals surface area contributed by atoms with Gasteiger partial charge in [-0.2, -0.15) is 0 Å². The Morgan fingerprint density at radius 3 is 2.74 bits per heavy atom. The number of hydrogen-bond acceptors (Lipinski definition) is 4. The van der Waals surface area contributed by atoms with Crippen LogP contribution in [-0.4, -0.2) is 41.5 Å². The van der Waals surface area contributed by atoms with Crippen LogP contribution in [0.25, 0.3) is 11.3 Å². The summed E-state index contributed by atoms with van der Waals surface area (Å²) in [6.07, 6.45) is 2.56. The first-order chi connectivity index (χ1) is 11.1. The molecule has 1 aliphatic rings. The molecule has 0 aliphatic heterocycles. The highest BCUT2D eigenvalue weighted by atomic mass is 32.1. The molecule has 1 fully saturated rings. The summed E-state index contributed by atoms with van der Waals surface area (Å²) in [5.74, 6) is -0.0227. The molecule has 1 N–H and O–H groups in total. The van der Waals surface area contributed by atoms with Crippen molar-refractivity contribution in [2.75, 3.05) is 13.6 Å². The van der Waals surface area contributed by atoms with Crippen LogP contribution in [0.4, 0.5) is 0 Å². The molecule has 1 saturated carbocycles. The average Bonchev–Trinajstić information content (AvgIpc) is 3.34. The van der Waals surface area contributed by atoms with Crippen LogP contribution in [-0.2, 0) is 0 Å². The first-order valence-electron chi connectivity index (χ1n) is 8.09. The van der Waals surface area contributed by atoms with Gasteiger partial charge in [0.2, 0.25) is 0 Å². The molecule has 1 atom stereocenters. The van der Waals surface area contributed by atoms with E-state index < -0.39 is 0 Å². The number of carbonyl (C=O) groups excluding carboxylic acids is 1. The summed E-state index contributed by atoms with van der Waals surface area (Å²) < 4.78 is 0. The number of likely N-dealkylation sites (N-methyl/N-ethyl adjacent to an activating group) is 1. The SMILES string of the molecule is Cc1nc(-c2ccccc2)c(C(=O)NCC(C)N(C)C2CC2)s1. The van der Waals surface area contributed by atoms with E-state index in [9.17, 15) is 4.79 Å². The predicted octanol–water partition coefficient (Wildman–Crippen LogP) is 3.33. The van der Waals surface area contributed by atoms with Crippen molar-refractivity contribution < 1.29 is 4.79 Å². The number of aromatic nitrogens is 1. The summed E-state index contributed by atoms with van der Waals surface area (Å²) in [5, 5.41) is 3.99. The summed E-state index contributed by atoms with van der Waals surface area (Å²) in [6, 6.07) is 11.0. The molecule has 0 radical (unpaired) electrons. The highest BCUT2D eigenvalue weighted by Gasteiger charge is 2.29. The van der Waals surface area contributed by atoms with Crippen LogP contribution in [0.3, 0.4) is 0 Å². The van der Waals surface area contributed by atoms with E-state index in [0.29, 0.717) is 23.5 Å². The third kappa shape index (κ3) is 3.79. The molecule has 1 heterocycles. The van der Waals surface area contributed by atoms with Crippen molar-refractivity contribution in [3.63, 3.8) is 0 Å². The zero-order chi connectivity index (χ0) is 16.4. The second-order valence-electron chi connectivity index (χ2n) is 6.23. The Bertz CT molecular complexity index is 679. The lowest BCUT2D eigenvalue weighted by Crippen LogP contribution is -2.41. The average molecular weight is 329 g/mol. The van der Waals surface area contributed by atoms with E-state index in [1.807, 2.05) is 37.3 Å². The Hall–Kier alpha value is -1.72. The Morgan fingerprint density at radius 1 is 1.39 bits per heavy atom. The Balaban J connectivity index is 1.70. The highest BCUT2D eigenvalue weighted by Crippen LogP contribution is 2.28. The first kappa shape index (κ1) is 16.1. The number of carbonyl (C=O) groups is 1. The van der Waals surface area contributed by atoms with Gasteiger partial charge in [0, 0.05) is 24.2 Å². The minimum absolute atomic E-state index is 0.0227. The van der Waals surface area contributed by atoms with Crippen LogP contribution >= 0.6 is 11.3 Å². The summed E-state index contributed by atoms with van der Waals surface area (Å²) >= 11 is 1.46. The molecule has 1 unspecified atom stereocenters. The van der Waals surface area contributed by atoms with Gasteiger partial charge in [-0.1, -0.05) is 30.3 Å². The van der Waals surface area contributed by atoms with E-state index in [2.05, 4.69) is 29.2 Å². The third-order valence-electron chi connectivity index (χ3n) is 4.36. The molecule has 2 aromatic rings. The summed E-state index contributed by atoms with van der Waals surface area (Å²) in [6.45, 7) is 4.77. The fraction of sp³-hybridized carbons (Fsp3) is 0.444. The van der Waals surface area contributed by atoms with Gasteiger partial charge >= 0.3 is 0 Å². The van der Waals surface area contributed by atoms with E-state index in [4.69, 9.17) is 0 Å². The smallest absolute Gasteiger partial charge is 0.263 e. The molecule has 1 aromatic heterocycles. The minimum Gasteiger partial charge on any atom is -0.350 e. The van der Waals surface area contributed by atoms with Gasteiger partial charge in [-0.15, -0.1) is 11.3 Å². The fourth-order valence-electron chi connectivity index (χ4n) is 2.68. The van der Waals surface area contributed by atoms with Crippen LogP contribution in [0.2, 0.25) is 0 Å². The molecule has 122 valence electrons. The standard InChI is InChI=1S/C18H23N3OS/c1-12(21(3)15-9-10-15)11-19-18(22)17-16(20-13(2)23-17)14-7-5-4-6-8-14/h4-8,12,15H,9-11H2,1-3H3,(H,19,22). The number of hydrogen-bond donors (Lipinski definition) is 1. The van der Waals surface area contributed by atoms with Gasteiger partial charge in [0.1, 0.15) is 4.88 Å². The van der Waals surface area contributed by atoms with Crippen LogP contribution in [0.5, 0.6) is 0 Å². The zero-order valence-electron chi connectivity index (χ0n) is 13.9. The van der Waals surface area contributed by atoms with E-state index in [1.54, 1.807) is 0 Å². The number of nitrogens with zero attached hydrogens (tertiary/aromatic N) is 2. The molecule has 1 aromatic carbocycles. The Morgan fingerprint density at radius 2 is 2.09 bits per heavy atom. The number of aryl methyl sites for hydroxylation is 1. The van der Waals surface area contributed by atoms with Crippen molar-refractivity contribution in [3.8, 4) is 11.3 Å². The van der Waals surface area contributed by atoms with Crippen molar-refractivity contribution in [3.05, 3.63) is 40.2 Å². The molecular formula is C18H23N3OS. The van der Waals surface area contributed by atoms with Crippen molar-refractivity contribution in [1.82, 2.24) is 15.2 Å². The monoisotopic (exact) mass is 329 g/mol. The molecule has 4 nitrogen and oxygen atoms in total. The van der Waals surface area contributed by atoms with E-state index in [1.165, 1.54) is 24.2 Å². The molecule has 3 rings (SSSR count). The van der Waals surface area contributed by atoms with Crippen LogP contribution < -0.4 is 5.32 Å². The minimum atomic E-state index is -0.0227. The second kappa shape index (κ2) is 6.81. The van der Waals surface area contributed by atoms with Crippen LogP contribution in [0, 0.1) is 6.92 Å². The number of thiazole rings is 1. The summed E-state index contributed by atoms with van der Waals surface area (Å²) in [5.41, 5.74) is 1.78. The van der Waals surface area contributed by atoms with Gasteiger partial charge in [-0.05, 0) is 33.7 Å². The van der Waals surface area contributed by atoms with Gasteiger partial charge in [0.25, 0.3) is 5.91 Å². The maximum atomic E-state index is 12.6. The largest absolute Gasteiger partial charge is 0.350 e. The quantitative estimate of drug-likeness (QED) is 0.884. The lowest BCUT2D eigenvalue weighted by atomic mass is 10.1. The number of nitrogens with one attached hydrogen (secondary N) is 1. The van der Waals surface area contributed by atoms with Crippen molar-refractivity contribution >= 4 is 17.2 Å². The lowest BCUT2D eigenvalue weighted by molar-refractivity contribution is 0.0944. The van der Waals surface area contributed by atoms with E-state index >= 15 is 0 Å². The normalized spacial score (nSPS) is 15.7. The van der Waals surface area contributed by atoms with Crippen LogP contribution in [0.15, 0.2) is 30.3 Å². The van der Waals surface area contributed by atoms with Crippen LogP contribution in [0.1, 0.15) is 34.4 Å². The number of benzene rings is 1. The first-order valence-corrected chi connectivity index (χ1v) is 8.91. The molecule has 1 amide bonds. The fourth-order valence-corrected chi connectivity index (χ4v) is 3.54. The third-order valence-corrected chi connectivity index (χ3v) is 5.33. The Labute approximate surface area is 141 Å². The second-order valence-corrected chi connectivity index (χ2v) is 7.44. The topological polar surface area (TPSA) is 45.2 Å². The van der Waals surface area contributed by atoms with E-state index in [-0.39, 0.29) is 5.91 Å². The molecule has 0 bridgehead atoms. The molecule has 0 spiro atoms. The molecule has 1 aliphatic carbocycles. The zero-order valence-corrected chi connectivity index (χ0v) is 14.7. The maximum absolute atomic E-state index is 12.6. The molecule has 23 heavy (non-hydrogen) atoms. The molecule has 0 saturated heterocycles. The highest BCUT2D eigenvalue weighted by molar-refractivity contribution is 7.14. The van der Waals surface area contributed by atoms with Crippen molar-refractivity contribution in [2.45, 2.75) is 38.8 Å². The van der Waals surface area contributed by atoms with Gasteiger partial charge in [0.05, 0.1) is 10.7 Å². The van der Waals surface area contributed by atoms with Crippen molar-refractivity contribution in [1.29, 1.82) is 0 Å². The summed E-state index contributed by atoms with van der Waals surface area (Å²) in [7, 11) is 2.14. The number of amides is 1. The Kier molecular flexibility index (Phi) is 4.78. The molecular weight excluding hydrogens is 306 g/mol. The van der Waals surface area contributed by atoms with Gasteiger partial charge in [0.15, 0.2) is 0 Å².